The normalized spacial score (nSPS) is 27.2. The first-order chi connectivity index (χ1) is 7.89. The molecule has 2 rings (SSSR count). The zero-order chi connectivity index (χ0) is 12.8. The molecule has 1 amide bonds. The number of hydrogen-bond acceptors (Lipinski definition) is 4. The van der Waals surface area contributed by atoms with Crippen LogP contribution in [0.1, 0.15) is 6.92 Å². The summed E-state index contributed by atoms with van der Waals surface area (Å²) in [7, 11) is 3.29. The molecule has 5 nitrogen and oxygen atoms in total. The molecule has 0 saturated carbocycles. The third-order valence-electron chi connectivity index (χ3n) is 3.36. The molecular weight excluding hydrogens is 222 g/mol. The molecule has 0 aromatic carbocycles. The summed E-state index contributed by atoms with van der Waals surface area (Å²) >= 11 is 0. The summed E-state index contributed by atoms with van der Waals surface area (Å²) in [6.07, 6.45) is 2.29. The Morgan fingerprint density at radius 3 is 2.65 bits per heavy atom. The summed E-state index contributed by atoms with van der Waals surface area (Å²) in [5.41, 5.74) is 1.47. The van der Waals surface area contributed by atoms with Crippen molar-refractivity contribution in [3.63, 3.8) is 0 Å². The highest BCUT2D eigenvalue weighted by molar-refractivity contribution is 5.98. The Morgan fingerprint density at radius 1 is 1.41 bits per heavy atom. The first-order valence-corrected chi connectivity index (χ1v) is 5.35. The minimum atomic E-state index is -0.488. The van der Waals surface area contributed by atoms with Crippen molar-refractivity contribution in [3.8, 4) is 0 Å². The predicted molar refractivity (Wildman–Crippen MR) is 58.4 cm³/mol. The van der Waals surface area contributed by atoms with Crippen LogP contribution in [0.2, 0.25) is 0 Å². The number of carbonyl (C=O) groups excluding carboxylic acids is 3. The van der Waals surface area contributed by atoms with Crippen LogP contribution in [-0.2, 0) is 19.1 Å². The highest BCUT2D eigenvalue weighted by atomic mass is 16.5. The molecule has 0 N–H and O–H groups in total. The van der Waals surface area contributed by atoms with Gasteiger partial charge in [0.05, 0.1) is 25.6 Å². The van der Waals surface area contributed by atoms with E-state index in [0.717, 1.165) is 0 Å². The number of likely N-dealkylation sites (N-methyl/N-ethyl adjacent to an activating group) is 1. The van der Waals surface area contributed by atoms with Crippen molar-refractivity contribution in [2.75, 3.05) is 20.7 Å². The van der Waals surface area contributed by atoms with Gasteiger partial charge in [0.2, 0.25) is 6.29 Å². The van der Waals surface area contributed by atoms with Gasteiger partial charge in [-0.15, -0.1) is 0 Å². The molecule has 0 fully saturated rings. The third-order valence-corrected chi connectivity index (χ3v) is 3.36. The number of carbonyl (C=O) groups is 3. The monoisotopic (exact) mass is 236 g/mol. The lowest BCUT2D eigenvalue weighted by Crippen LogP contribution is -2.50. The molecule has 0 aromatic heterocycles. The summed E-state index contributed by atoms with van der Waals surface area (Å²) in [4.78, 5) is 34.7. The number of ether oxygens (including phenoxy) is 1. The average Bonchev–Trinajstić information content (AvgIpc) is 2.28. The number of nitrogens with zero attached hydrogens (tertiary/aromatic N) is 1. The number of quaternary nitrogens is 1. The molecule has 2 aliphatic heterocycles. The van der Waals surface area contributed by atoms with Gasteiger partial charge in [0.1, 0.15) is 6.61 Å². The fraction of sp³-hybridized carbons (Fsp3) is 0.417. The predicted octanol–water partition coefficient (Wildman–Crippen LogP) is 0.175. The first kappa shape index (κ1) is 11.7. The van der Waals surface area contributed by atoms with Crippen LogP contribution in [0.3, 0.4) is 0 Å². The van der Waals surface area contributed by atoms with E-state index in [1.165, 1.54) is 0 Å². The summed E-state index contributed by atoms with van der Waals surface area (Å²) < 4.78 is 4.81. The highest BCUT2D eigenvalue weighted by Crippen LogP contribution is 2.32. The molecule has 5 heteroatoms. The lowest BCUT2D eigenvalue weighted by molar-refractivity contribution is -0.766. The maximum atomic E-state index is 12.2. The molecule has 0 spiro atoms. The number of esters is 1. The Hall–Kier alpha value is -1.75. The SMILES string of the molecule is CC1C(=O)OCC2=C1C=C(C=O)[N+](C)(C)C2=O. The van der Waals surface area contributed by atoms with Gasteiger partial charge in [0.25, 0.3) is 0 Å². The number of amides is 1. The van der Waals surface area contributed by atoms with E-state index in [1.807, 2.05) is 0 Å². The quantitative estimate of drug-likeness (QED) is 0.370. The Kier molecular flexibility index (Phi) is 2.50. The fourth-order valence-corrected chi connectivity index (χ4v) is 2.08. The zero-order valence-corrected chi connectivity index (χ0v) is 10.0. The van der Waals surface area contributed by atoms with Crippen molar-refractivity contribution in [1.29, 1.82) is 0 Å². The molecule has 90 valence electrons. The lowest BCUT2D eigenvalue weighted by Gasteiger charge is -2.34. The fourth-order valence-electron chi connectivity index (χ4n) is 2.08. The van der Waals surface area contributed by atoms with E-state index in [0.29, 0.717) is 23.1 Å². The minimum absolute atomic E-state index is 0.00164. The summed E-state index contributed by atoms with van der Waals surface area (Å²) in [6.45, 7) is 1.68. The van der Waals surface area contributed by atoms with E-state index in [-0.39, 0.29) is 23.0 Å². The van der Waals surface area contributed by atoms with Crippen LogP contribution in [0.15, 0.2) is 22.9 Å². The molecule has 0 saturated heterocycles. The molecule has 2 heterocycles. The number of rotatable bonds is 1. The maximum Gasteiger partial charge on any atom is 0.350 e. The summed E-state index contributed by atoms with van der Waals surface area (Å²) in [6, 6.07) is 0. The van der Waals surface area contributed by atoms with Gasteiger partial charge in [0.15, 0.2) is 5.70 Å². The van der Waals surface area contributed by atoms with E-state index in [9.17, 15) is 14.4 Å². The standard InChI is InChI=1S/C12H14NO4/c1-7-9-4-8(5-14)13(2,3)11(15)10(9)6-17-12(7)16/h4-5,7H,6H2,1-3H3/q+1. The number of allylic oxidation sites excluding steroid dienone is 2. The van der Waals surface area contributed by atoms with E-state index in [2.05, 4.69) is 0 Å². The molecule has 0 aromatic rings. The van der Waals surface area contributed by atoms with Crippen molar-refractivity contribution in [3.05, 3.63) is 22.9 Å². The molecule has 1 atom stereocenters. The summed E-state index contributed by atoms with van der Waals surface area (Å²) in [5, 5.41) is 0. The molecule has 2 aliphatic rings. The Balaban J connectivity index is 2.59. The van der Waals surface area contributed by atoms with Crippen LogP contribution in [-0.4, -0.2) is 43.3 Å². The van der Waals surface area contributed by atoms with Crippen LogP contribution in [0.4, 0.5) is 0 Å². The second-order valence-electron chi connectivity index (χ2n) is 4.71. The van der Waals surface area contributed by atoms with Crippen molar-refractivity contribution in [1.82, 2.24) is 0 Å². The zero-order valence-electron chi connectivity index (χ0n) is 10.0. The van der Waals surface area contributed by atoms with Crippen molar-refractivity contribution >= 4 is 18.2 Å². The highest BCUT2D eigenvalue weighted by Gasteiger charge is 2.44. The van der Waals surface area contributed by atoms with Gasteiger partial charge in [-0.25, -0.2) is 9.28 Å². The van der Waals surface area contributed by atoms with Crippen LogP contribution in [0.5, 0.6) is 0 Å². The minimum Gasteiger partial charge on any atom is -0.460 e. The van der Waals surface area contributed by atoms with Crippen LogP contribution in [0, 0.1) is 5.92 Å². The van der Waals surface area contributed by atoms with Crippen LogP contribution < -0.4 is 0 Å². The first-order valence-electron chi connectivity index (χ1n) is 5.35. The smallest absolute Gasteiger partial charge is 0.350 e. The average molecular weight is 236 g/mol. The molecule has 1 unspecified atom stereocenters. The van der Waals surface area contributed by atoms with Gasteiger partial charge in [0, 0.05) is 6.08 Å². The van der Waals surface area contributed by atoms with Crippen molar-refractivity contribution in [2.45, 2.75) is 6.92 Å². The van der Waals surface area contributed by atoms with Gasteiger partial charge < -0.3 is 4.74 Å². The Labute approximate surface area is 98.9 Å². The molecular formula is C12H14NO4+. The van der Waals surface area contributed by atoms with Gasteiger partial charge in [-0.05, 0) is 12.5 Å². The topological polar surface area (TPSA) is 60.4 Å². The van der Waals surface area contributed by atoms with Crippen LogP contribution >= 0.6 is 0 Å². The second-order valence-corrected chi connectivity index (χ2v) is 4.71. The summed E-state index contributed by atoms with van der Waals surface area (Å²) in [5.74, 6) is -1.04. The molecule has 0 aliphatic carbocycles. The maximum absolute atomic E-state index is 12.2. The number of aldehydes is 1. The molecule has 17 heavy (non-hydrogen) atoms. The lowest BCUT2D eigenvalue weighted by atomic mass is 9.89. The van der Waals surface area contributed by atoms with Gasteiger partial charge in [-0.2, -0.15) is 0 Å². The molecule has 0 bridgehead atoms. The van der Waals surface area contributed by atoms with Gasteiger partial charge >= 0.3 is 11.9 Å². The second kappa shape index (κ2) is 3.63. The van der Waals surface area contributed by atoms with Crippen molar-refractivity contribution in [2.24, 2.45) is 5.92 Å². The molecule has 0 radical (unpaired) electrons. The van der Waals surface area contributed by atoms with Gasteiger partial charge in [-0.1, -0.05) is 0 Å². The van der Waals surface area contributed by atoms with E-state index < -0.39 is 5.92 Å². The number of hydrogen-bond donors (Lipinski definition) is 0. The number of cyclic esters (lactones) is 1. The van der Waals surface area contributed by atoms with E-state index in [4.69, 9.17) is 4.74 Å². The van der Waals surface area contributed by atoms with Gasteiger partial charge in [-0.3, -0.25) is 9.59 Å². The van der Waals surface area contributed by atoms with E-state index >= 15 is 0 Å². The van der Waals surface area contributed by atoms with E-state index in [1.54, 1.807) is 27.1 Å². The third kappa shape index (κ3) is 1.54. The largest absolute Gasteiger partial charge is 0.460 e. The Bertz CT molecular complexity index is 485. The van der Waals surface area contributed by atoms with Crippen molar-refractivity contribution < 1.29 is 23.6 Å². The van der Waals surface area contributed by atoms with Crippen LogP contribution in [0.25, 0.3) is 0 Å². The Morgan fingerprint density at radius 2 is 2.06 bits per heavy atom.